The molecule has 1 aromatic rings. The molecule has 2 saturated heterocycles. The van der Waals surface area contributed by atoms with Crippen LogP contribution in [-0.2, 0) is 15.0 Å². The van der Waals surface area contributed by atoms with Gasteiger partial charge in [0.05, 0.1) is 0 Å². The Hall–Kier alpha value is -2.30. The lowest BCUT2D eigenvalue weighted by molar-refractivity contribution is -0.149. The van der Waals surface area contributed by atoms with Crippen LogP contribution in [0.2, 0.25) is 0 Å². The summed E-state index contributed by atoms with van der Waals surface area (Å²) in [5, 5.41) is 6.57. The average molecular weight is 367 g/mol. The van der Waals surface area contributed by atoms with Crippen LogP contribution in [0.15, 0.2) is 35.9 Å². The molecule has 3 aliphatic heterocycles. The second kappa shape index (κ2) is 6.39. The number of fused-ring (bicyclic) bond motifs is 5. The quantitative estimate of drug-likeness (QED) is 0.804. The lowest BCUT2D eigenvalue weighted by atomic mass is 9.75. The van der Waals surface area contributed by atoms with Gasteiger partial charge in [-0.1, -0.05) is 43.7 Å². The van der Waals surface area contributed by atoms with Gasteiger partial charge in [0.25, 0.3) is 0 Å². The summed E-state index contributed by atoms with van der Waals surface area (Å²) in [6.45, 7) is 8.36. The van der Waals surface area contributed by atoms with Gasteiger partial charge in [-0.3, -0.25) is 9.59 Å². The molecule has 3 heterocycles. The van der Waals surface area contributed by atoms with Crippen LogP contribution in [0.1, 0.15) is 52.5 Å². The zero-order chi connectivity index (χ0) is 19.3. The van der Waals surface area contributed by atoms with Crippen LogP contribution in [0.3, 0.4) is 0 Å². The molecule has 0 aliphatic carbocycles. The molecule has 2 fully saturated rings. The van der Waals surface area contributed by atoms with E-state index in [1.807, 2.05) is 17.0 Å². The number of para-hydroxylation sites is 1. The maximum absolute atomic E-state index is 13.3. The standard InChI is InChI=1S/C22H29N3O2/c1-13(2)9-10-22-12-18-19(26)23-17(11-14(3)4)20(27)25(18)21(22)24-16-8-6-5-7-15(16)22/h5-9,14,17-18,21,24H,10-12H2,1-4H3,(H,23,26)/t17-,18-,21-,22-/m0/s1. The fraction of sp³-hybridized carbons (Fsp3) is 0.545. The molecule has 144 valence electrons. The van der Waals surface area contributed by atoms with E-state index in [0.29, 0.717) is 18.8 Å². The van der Waals surface area contributed by atoms with Crippen molar-refractivity contribution in [3.63, 3.8) is 0 Å². The van der Waals surface area contributed by atoms with Crippen molar-refractivity contribution < 1.29 is 9.59 Å². The highest BCUT2D eigenvalue weighted by atomic mass is 16.2. The van der Waals surface area contributed by atoms with E-state index in [1.54, 1.807) is 0 Å². The van der Waals surface area contributed by atoms with Crippen molar-refractivity contribution in [2.24, 2.45) is 5.92 Å². The minimum atomic E-state index is -0.418. The molecule has 27 heavy (non-hydrogen) atoms. The Morgan fingerprint density at radius 2 is 2.00 bits per heavy atom. The summed E-state index contributed by atoms with van der Waals surface area (Å²) in [4.78, 5) is 28.1. The molecule has 4 rings (SSSR count). The third kappa shape index (κ3) is 2.75. The van der Waals surface area contributed by atoms with Gasteiger partial charge in [-0.2, -0.15) is 0 Å². The molecule has 2 amide bonds. The number of hydrogen-bond donors (Lipinski definition) is 2. The molecule has 0 radical (unpaired) electrons. The zero-order valence-electron chi connectivity index (χ0n) is 16.6. The predicted octanol–water partition coefficient (Wildman–Crippen LogP) is 3.18. The van der Waals surface area contributed by atoms with E-state index >= 15 is 0 Å². The molecule has 0 bridgehead atoms. The number of allylic oxidation sites excluding steroid dienone is 2. The Bertz CT molecular complexity index is 812. The number of nitrogens with zero attached hydrogens (tertiary/aromatic N) is 1. The Labute approximate surface area is 161 Å². The maximum Gasteiger partial charge on any atom is 0.247 e. The molecule has 0 spiro atoms. The van der Waals surface area contributed by atoms with Crippen LogP contribution in [-0.4, -0.2) is 35.0 Å². The van der Waals surface area contributed by atoms with Gasteiger partial charge < -0.3 is 15.5 Å². The number of amides is 2. The number of piperazine rings is 1. The highest BCUT2D eigenvalue weighted by molar-refractivity contribution is 5.98. The van der Waals surface area contributed by atoms with Crippen molar-refractivity contribution in [1.82, 2.24) is 10.2 Å². The monoisotopic (exact) mass is 367 g/mol. The summed E-state index contributed by atoms with van der Waals surface area (Å²) in [6, 6.07) is 7.48. The second-order valence-corrected chi connectivity index (χ2v) is 8.89. The number of rotatable bonds is 4. The summed E-state index contributed by atoms with van der Waals surface area (Å²) in [5.74, 6) is 0.394. The first kappa shape index (κ1) is 18.1. The van der Waals surface area contributed by atoms with Gasteiger partial charge in [-0.25, -0.2) is 0 Å². The van der Waals surface area contributed by atoms with E-state index in [9.17, 15) is 9.59 Å². The van der Waals surface area contributed by atoms with Crippen LogP contribution >= 0.6 is 0 Å². The second-order valence-electron chi connectivity index (χ2n) is 8.89. The van der Waals surface area contributed by atoms with Crippen LogP contribution in [0, 0.1) is 5.92 Å². The van der Waals surface area contributed by atoms with E-state index in [0.717, 1.165) is 12.1 Å². The van der Waals surface area contributed by atoms with Gasteiger partial charge in [-0.15, -0.1) is 0 Å². The fourth-order valence-electron chi connectivity index (χ4n) is 4.99. The lowest BCUT2D eigenvalue weighted by Gasteiger charge is -2.39. The van der Waals surface area contributed by atoms with Gasteiger partial charge in [0, 0.05) is 11.1 Å². The molecule has 0 aromatic heterocycles. The van der Waals surface area contributed by atoms with E-state index < -0.39 is 12.1 Å². The van der Waals surface area contributed by atoms with Crippen LogP contribution in [0.4, 0.5) is 5.69 Å². The van der Waals surface area contributed by atoms with Crippen molar-refractivity contribution >= 4 is 17.5 Å². The highest BCUT2D eigenvalue weighted by Crippen LogP contribution is 2.54. The van der Waals surface area contributed by atoms with Crippen molar-refractivity contribution in [2.45, 2.75) is 70.6 Å². The topological polar surface area (TPSA) is 61.4 Å². The van der Waals surface area contributed by atoms with Gasteiger partial charge >= 0.3 is 0 Å². The summed E-state index contributed by atoms with van der Waals surface area (Å²) < 4.78 is 0. The van der Waals surface area contributed by atoms with Gasteiger partial charge in [0.15, 0.2) is 0 Å². The maximum atomic E-state index is 13.3. The molecular weight excluding hydrogens is 338 g/mol. The Balaban J connectivity index is 1.76. The molecular formula is C22H29N3O2. The zero-order valence-corrected chi connectivity index (χ0v) is 16.6. The normalized spacial score (nSPS) is 31.1. The molecule has 2 N–H and O–H groups in total. The number of nitrogens with one attached hydrogen (secondary N) is 2. The Morgan fingerprint density at radius 3 is 2.70 bits per heavy atom. The summed E-state index contributed by atoms with van der Waals surface area (Å²) >= 11 is 0. The molecule has 3 aliphatic rings. The first-order valence-corrected chi connectivity index (χ1v) is 9.95. The molecule has 5 heteroatoms. The third-order valence-electron chi connectivity index (χ3n) is 6.20. The highest BCUT2D eigenvalue weighted by Gasteiger charge is 2.62. The van der Waals surface area contributed by atoms with Crippen molar-refractivity contribution in [3.05, 3.63) is 41.5 Å². The molecule has 0 unspecified atom stereocenters. The number of benzene rings is 1. The number of carbonyl (C=O) groups is 2. The van der Waals surface area contributed by atoms with Crippen molar-refractivity contribution in [1.29, 1.82) is 0 Å². The van der Waals surface area contributed by atoms with E-state index in [1.165, 1.54) is 11.1 Å². The molecule has 0 saturated carbocycles. The largest absolute Gasteiger partial charge is 0.364 e. The lowest BCUT2D eigenvalue weighted by Crippen LogP contribution is -2.64. The minimum Gasteiger partial charge on any atom is -0.364 e. The fourth-order valence-corrected chi connectivity index (χ4v) is 4.99. The smallest absolute Gasteiger partial charge is 0.247 e. The molecule has 4 atom stereocenters. The van der Waals surface area contributed by atoms with Gasteiger partial charge in [0.2, 0.25) is 11.8 Å². The van der Waals surface area contributed by atoms with E-state index in [-0.39, 0.29) is 23.4 Å². The third-order valence-corrected chi connectivity index (χ3v) is 6.20. The summed E-state index contributed by atoms with van der Waals surface area (Å²) in [6.07, 6.45) is 4.24. The summed E-state index contributed by atoms with van der Waals surface area (Å²) in [7, 11) is 0. The first-order valence-electron chi connectivity index (χ1n) is 9.95. The first-order chi connectivity index (χ1) is 12.8. The molecule has 5 nitrogen and oxygen atoms in total. The van der Waals surface area contributed by atoms with Gasteiger partial charge in [-0.05, 0) is 50.7 Å². The Morgan fingerprint density at radius 1 is 1.26 bits per heavy atom. The molecule has 1 aromatic carbocycles. The van der Waals surface area contributed by atoms with Crippen molar-refractivity contribution in [2.75, 3.05) is 5.32 Å². The van der Waals surface area contributed by atoms with Crippen molar-refractivity contribution in [3.8, 4) is 0 Å². The average Bonchev–Trinajstić information content (AvgIpc) is 3.09. The van der Waals surface area contributed by atoms with Crippen LogP contribution < -0.4 is 10.6 Å². The van der Waals surface area contributed by atoms with Gasteiger partial charge in [0.1, 0.15) is 18.2 Å². The van der Waals surface area contributed by atoms with E-state index in [2.05, 4.69) is 56.5 Å². The predicted molar refractivity (Wildman–Crippen MR) is 106 cm³/mol. The summed E-state index contributed by atoms with van der Waals surface area (Å²) in [5.41, 5.74) is 3.31. The number of hydrogen-bond acceptors (Lipinski definition) is 3. The number of carbonyl (C=O) groups excluding carboxylic acids is 2. The number of anilines is 1. The van der Waals surface area contributed by atoms with Crippen LogP contribution in [0.5, 0.6) is 0 Å². The van der Waals surface area contributed by atoms with Crippen LogP contribution in [0.25, 0.3) is 0 Å². The SMILES string of the molecule is CC(C)=CC[C@@]12C[C@H]3C(=O)N[C@@H](CC(C)C)C(=O)N3[C@@H]1Nc1ccccc12. The minimum absolute atomic E-state index is 0.00879. The van der Waals surface area contributed by atoms with E-state index in [4.69, 9.17) is 0 Å². The Kier molecular flexibility index (Phi) is 4.28.